The molecule has 0 heterocycles. The Morgan fingerprint density at radius 1 is 1.03 bits per heavy atom. The second-order valence-corrected chi connectivity index (χ2v) is 8.86. The molecule has 2 aromatic carbocycles. The van der Waals surface area contributed by atoms with Crippen molar-refractivity contribution in [3.05, 3.63) is 65.7 Å². The van der Waals surface area contributed by atoms with Crippen molar-refractivity contribution in [1.82, 2.24) is 9.62 Å². The van der Waals surface area contributed by atoms with Gasteiger partial charge in [-0.15, -0.1) is 0 Å². The molecule has 0 aliphatic carbocycles. The molecule has 0 fully saturated rings. The van der Waals surface area contributed by atoms with E-state index in [1.54, 1.807) is 30.3 Å². The fraction of sp³-hybridized carbons (Fsp3) is 0.350. The summed E-state index contributed by atoms with van der Waals surface area (Å²) in [7, 11) is -4.59. The van der Waals surface area contributed by atoms with E-state index in [-0.39, 0.29) is 12.5 Å². The van der Waals surface area contributed by atoms with Crippen LogP contribution in [0.1, 0.15) is 25.0 Å². The van der Waals surface area contributed by atoms with Crippen LogP contribution in [0.25, 0.3) is 0 Å². The second kappa shape index (κ2) is 9.41. The minimum atomic E-state index is -4.85. The zero-order valence-electron chi connectivity index (χ0n) is 16.1. The largest absolute Gasteiger partial charge is 0.417 e. The number of nitrogens with one attached hydrogen (secondary N) is 1. The first-order valence-corrected chi connectivity index (χ1v) is 10.4. The third-order valence-electron chi connectivity index (χ3n) is 4.04. The Bertz CT molecular complexity index is 929. The third-order valence-corrected chi connectivity index (χ3v) is 5.89. The Balaban J connectivity index is 2.43. The van der Waals surface area contributed by atoms with E-state index in [2.05, 4.69) is 5.32 Å². The first-order valence-electron chi connectivity index (χ1n) is 8.99. The molecule has 0 aromatic heterocycles. The molecular formula is C20H23F3N2O3S. The predicted octanol–water partition coefficient (Wildman–Crippen LogP) is 3.67. The summed E-state index contributed by atoms with van der Waals surface area (Å²) < 4.78 is 67.2. The van der Waals surface area contributed by atoms with E-state index in [1.807, 2.05) is 13.8 Å². The lowest BCUT2D eigenvalue weighted by molar-refractivity contribution is -0.139. The molecular weight excluding hydrogens is 405 g/mol. The maximum atomic E-state index is 13.4. The van der Waals surface area contributed by atoms with Crippen LogP contribution in [-0.4, -0.2) is 31.7 Å². The Morgan fingerprint density at radius 3 is 2.21 bits per heavy atom. The number of carbonyl (C=O) groups is 1. The van der Waals surface area contributed by atoms with E-state index in [0.29, 0.717) is 18.2 Å². The molecule has 0 unspecified atom stereocenters. The third kappa shape index (κ3) is 6.30. The minimum Gasteiger partial charge on any atom is -0.355 e. The summed E-state index contributed by atoms with van der Waals surface area (Å²) in [5, 5.41) is 2.60. The molecule has 0 aliphatic heterocycles. The van der Waals surface area contributed by atoms with Crippen LogP contribution in [0.5, 0.6) is 0 Å². The number of hydrogen-bond acceptors (Lipinski definition) is 3. The van der Waals surface area contributed by atoms with Crippen molar-refractivity contribution in [2.45, 2.75) is 31.5 Å². The average Bonchev–Trinajstić information content (AvgIpc) is 2.66. The van der Waals surface area contributed by atoms with Crippen molar-refractivity contribution < 1.29 is 26.4 Å². The van der Waals surface area contributed by atoms with Crippen molar-refractivity contribution in [2.24, 2.45) is 5.92 Å². The summed E-state index contributed by atoms with van der Waals surface area (Å²) in [6.07, 6.45) is -4.85. The topological polar surface area (TPSA) is 66.5 Å². The van der Waals surface area contributed by atoms with Gasteiger partial charge in [0, 0.05) is 13.1 Å². The Labute approximate surface area is 168 Å². The summed E-state index contributed by atoms with van der Waals surface area (Å²) in [4.78, 5) is 11.4. The van der Waals surface area contributed by atoms with Gasteiger partial charge in [0.2, 0.25) is 15.9 Å². The van der Waals surface area contributed by atoms with Gasteiger partial charge in [-0.3, -0.25) is 4.79 Å². The van der Waals surface area contributed by atoms with Gasteiger partial charge in [0.1, 0.15) is 0 Å². The van der Waals surface area contributed by atoms with Crippen LogP contribution >= 0.6 is 0 Å². The number of halogens is 3. The van der Waals surface area contributed by atoms with Crippen LogP contribution in [0.3, 0.4) is 0 Å². The van der Waals surface area contributed by atoms with Gasteiger partial charge in [-0.2, -0.15) is 17.5 Å². The highest BCUT2D eigenvalue weighted by molar-refractivity contribution is 7.89. The van der Waals surface area contributed by atoms with E-state index in [1.165, 1.54) is 6.07 Å². The van der Waals surface area contributed by atoms with Gasteiger partial charge in [-0.05, 0) is 23.6 Å². The number of amides is 1. The number of nitrogens with zero attached hydrogens (tertiary/aromatic N) is 1. The van der Waals surface area contributed by atoms with Gasteiger partial charge in [-0.25, -0.2) is 8.42 Å². The summed E-state index contributed by atoms with van der Waals surface area (Å²) in [5.41, 5.74) is -0.710. The zero-order chi connectivity index (χ0) is 21.7. The number of hydrogen-bond donors (Lipinski definition) is 1. The summed E-state index contributed by atoms with van der Waals surface area (Å²) in [5.74, 6) is -0.438. The lowest BCUT2D eigenvalue weighted by Gasteiger charge is -2.24. The molecule has 29 heavy (non-hydrogen) atoms. The standard InChI is InChI=1S/C20H23F3N2O3S/c1-15(2)12-24-19(26)14-25(13-16-8-4-3-5-9-16)29(27,28)18-11-7-6-10-17(18)20(21,22)23/h3-11,15H,12-14H2,1-2H3,(H,24,26). The number of sulfonamides is 1. The van der Waals surface area contributed by atoms with Crippen molar-refractivity contribution in [3.8, 4) is 0 Å². The van der Waals surface area contributed by atoms with Gasteiger partial charge < -0.3 is 5.32 Å². The Kier molecular flexibility index (Phi) is 7.43. The van der Waals surface area contributed by atoms with Crippen molar-refractivity contribution >= 4 is 15.9 Å². The van der Waals surface area contributed by atoms with Crippen LogP contribution in [0.4, 0.5) is 13.2 Å². The number of rotatable bonds is 8. The highest BCUT2D eigenvalue weighted by Gasteiger charge is 2.39. The second-order valence-electron chi connectivity index (χ2n) is 6.95. The van der Waals surface area contributed by atoms with E-state index in [4.69, 9.17) is 0 Å². The lowest BCUT2D eigenvalue weighted by atomic mass is 10.2. The van der Waals surface area contributed by atoms with Gasteiger partial charge in [0.05, 0.1) is 17.0 Å². The molecule has 1 N–H and O–H groups in total. The molecule has 1 amide bonds. The Morgan fingerprint density at radius 2 is 1.62 bits per heavy atom. The average molecular weight is 428 g/mol. The van der Waals surface area contributed by atoms with E-state index < -0.39 is 39.1 Å². The fourth-order valence-corrected chi connectivity index (χ4v) is 4.21. The SMILES string of the molecule is CC(C)CNC(=O)CN(Cc1ccccc1)S(=O)(=O)c1ccccc1C(F)(F)F. The summed E-state index contributed by atoms with van der Waals surface area (Å²) >= 11 is 0. The maximum absolute atomic E-state index is 13.4. The van der Waals surface area contributed by atoms with Gasteiger partial charge in [0.15, 0.2) is 0 Å². The highest BCUT2D eigenvalue weighted by Crippen LogP contribution is 2.35. The smallest absolute Gasteiger partial charge is 0.355 e. The molecule has 158 valence electrons. The van der Waals surface area contributed by atoms with Gasteiger partial charge >= 0.3 is 6.18 Å². The zero-order valence-corrected chi connectivity index (χ0v) is 16.9. The predicted molar refractivity (Wildman–Crippen MR) is 103 cm³/mol. The highest BCUT2D eigenvalue weighted by atomic mass is 32.2. The molecule has 0 spiro atoms. The van der Waals surface area contributed by atoms with Crippen LogP contribution in [0.15, 0.2) is 59.5 Å². The number of benzene rings is 2. The van der Waals surface area contributed by atoms with Crippen LogP contribution in [-0.2, 0) is 27.5 Å². The molecule has 9 heteroatoms. The van der Waals surface area contributed by atoms with E-state index in [9.17, 15) is 26.4 Å². The molecule has 0 saturated heterocycles. The van der Waals surface area contributed by atoms with Crippen molar-refractivity contribution in [1.29, 1.82) is 0 Å². The minimum absolute atomic E-state index is 0.143. The molecule has 2 aromatic rings. The quantitative estimate of drug-likeness (QED) is 0.698. The molecule has 0 atom stereocenters. The lowest BCUT2D eigenvalue weighted by Crippen LogP contribution is -2.41. The van der Waals surface area contributed by atoms with Gasteiger partial charge in [-0.1, -0.05) is 56.3 Å². The number of alkyl halides is 3. The fourth-order valence-electron chi connectivity index (χ4n) is 2.61. The van der Waals surface area contributed by atoms with Crippen LogP contribution < -0.4 is 5.32 Å². The molecule has 0 aliphatic rings. The normalized spacial score (nSPS) is 12.4. The Hall–Kier alpha value is -2.39. The monoisotopic (exact) mass is 428 g/mol. The van der Waals surface area contributed by atoms with Gasteiger partial charge in [0.25, 0.3) is 0 Å². The van der Waals surface area contributed by atoms with Crippen molar-refractivity contribution in [3.63, 3.8) is 0 Å². The maximum Gasteiger partial charge on any atom is 0.417 e. The molecule has 0 bridgehead atoms. The summed E-state index contributed by atoms with van der Waals surface area (Å²) in [6, 6.07) is 12.4. The molecule has 2 rings (SSSR count). The van der Waals surface area contributed by atoms with Crippen molar-refractivity contribution in [2.75, 3.05) is 13.1 Å². The molecule has 5 nitrogen and oxygen atoms in total. The molecule has 0 radical (unpaired) electrons. The summed E-state index contributed by atoms with van der Waals surface area (Å²) in [6.45, 7) is 3.26. The van der Waals surface area contributed by atoms with E-state index in [0.717, 1.165) is 16.4 Å². The van der Waals surface area contributed by atoms with Crippen LogP contribution in [0.2, 0.25) is 0 Å². The first-order chi connectivity index (χ1) is 13.5. The van der Waals surface area contributed by atoms with E-state index >= 15 is 0 Å². The van der Waals surface area contributed by atoms with Crippen LogP contribution in [0, 0.1) is 5.92 Å². The molecule has 0 saturated carbocycles. The number of carbonyl (C=O) groups excluding carboxylic acids is 1. The first kappa shape index (κ1) is 22.9.